The molecule has 0 unspecified atom stereocenters. The molecule has 0 aliphatic heterocycles. The van der Waals surface area contributed by atoms with E-state index in [2.05, 4.69) is 0 Å². The van der Waals surface area contributed by atoms with E-state index < -0.39 is 0 Å². The predicted octanol–water partition coefficient (Wildman–Crippen LogP) is 2.54. The standard InChI is InChI=1S/C13H16O3/c1-15-10-6-9(7-11(8-10)16-2)12-4-3-5-13(12)14/h6-8,12H,3-5H2,1-2H3/t12-/m1/s1. The molecule has 0 amide bonds. The first kappa shape index (κ1) is 11.0. The maximum Gasteiger partial charge on any atom is 0.140 e. The molecule has 0 aromatic heterocycles. The fourth-order valence-electron chi connectivity index (χ4n) is 2.20. The zero-order chi connectivity index (χ0) is 11.5. The van der Waals surface area contributed by atoms with Crippen molar-refractivity contribution >= 4 is 5.78 Å². The lowest BCUT2D eigenvalue weighted by Crippen LogP contribution is -2.04. The number of hydrogen-bond donors (Lipinski definition) is 0. The fourth-order valence-corrected chi connectivity index (χ4v) is 2.20. The van der Waals surface area contributed by atoms with E-state index in [0.717, 1.165) is 29.9 Å². The van der Waals surface area contributed by atoms with Gasteiger partial charge >= 0.3 is 0 Å². The van der Waals surface area contributed by atoms with Gasteiger partial charge in [-0.2, -0.15) is 0 Å². The Kier molecular flexibility index (Phi) is 3.13. The van der Waals surface area contributed by atoms with Gasteiger partial charge in [0.15, 0.2) is 0 Å². The summed E-state index contributed by atoms with van der Waals surface area (Å²) in [5, 5.41) is 0. The van der Waals surface area contributed by atoms with Gasteiger partial charge in [0.2, 0.25) is 0 Å². The molecule has 1 fully saturated rings. The fraction of sp³-hybridized carbons (Fsp3) is 0.462. The van der Waals surface area contributed by atoms with Gasteiger partial charge in [-0.3, -0.25) is 4.79 Å². The topological polar surface area (TPSA) is 35.5 Å². The quantitative estimate of drug-likeness (QED) is 0.785. The van der Waals surface area contributed by atoms with Crippen molar-refractivity contribution in [1.82, 2.24) is 0 Å². The Bertz CT molecular complexity index is 376. The molecule has 2 rings (SSSR count). The number of ether oxygens (including phenoxy) is 2. The van der Waals surface area contributed by atoms with Crippen molar-refractivity contribution < 1.29 is 14.3 Å². The van der Waals surface area contributed by atoms with E-state index in [1.54, 1.807) is 14.2 Å². The number of rotatable bonds is 3. The number of carbonyl (C=O) groups is 1. The Hall–Kier alpha value is -1.51. The molecule has 0 spiro atoms. The van der Waals surface area contributed by atoms with Crippen LogP contribution in [0.5, 0.6) is 11.5 Å². The van der Waals surface area contributed by atoms with Crippen molar-refractivity contribution in [3.8, 4) is 11.5 Å². The molecule has 1 aromatic carbocycles. The zero-order valence-electron chi connectivity index (χ0n) is 9.66. The van der Waals surface area contributed by atoms with Gasteiger partial charge in [0.1, 0.15) is 17.3 Å². The van der Waals surface area contributed by atoms with Crippen LogP contribution in [0.1, 0.15) is 30.7 Å². The Morgan fingerprint density at radius 2 is 1.75 bits per heavy atom. The van der Waals surface area contributed by atoms with Gasteiger partial charge in [0.05, 0.1) is 14.2 Å². The van der Waals surface area contributed by atoms with Crippen molar-refractivity contribution in [3.05, 3.63) is 23.8 Å². The lowest BCUT2D eigenvalue weighted by molar-refractivity contribution is -0.118. The summed E-state index contributed by atoms with van der Waals surface area (Å²) in [4.78, 5) is 11.7. The Balaban J connectivity index is 2.35. The van der Waals surface area contributed by atoms with E-state index in [9.17, 15) is 4.79 Å². The van der Waals surface area contributed by atoms with E-state index in [1.807, 2.05) is 18.2 Å². The molecule has 16 heavy (non-hydrogen) atoms. The molecule has 1 aliphatic carbocycles. The lowest BCUT2D eigenvalue weighted by Gasteiger charge is -2.12. The predicted molar refractivity (Wildman–Crippen MR) is 61.1 cm³/mol. The highest BCUT2D eigenvalue weighted by Crippen LogP contribution is 2.35. The van der Waals surface area contributed by atoms with Crippen molar-refractivity contribution in [3.63, 3.8) is 0 Å². The van der Waals surface area contributed by atoms with E-state index in [1.165, 1.54) is 0 Å². The van der Waals surface area contributed by atoms with Crippen molar-refractivity contribution in [2.24, 2.45) is 0 Å². The second-order valence-corrected chi connectivity index (χ2v) is 4.06. The molecular weight excluding hydrogens is 204 g/mol. The van der Waals surface area contributed by atoms with Gasteiger partial charge in [-0.25, -0.2) is 0 Å². The molecule has 1 aromatic rings. The third kappa shape index (κ3) is 2.03. The van der Waals surface area contributed by atoms with Crippen LogP contribution in [-0.4, -0.2) is 20.0 Å². The zero-order valence-corrected chi connectivity index (χ0v) is 9.66. The summed E-state index contributed by atoms with van der Waals surface area (Å²) in [5.41, 5.74) is 1.01. The second-order valence-electron chi connectivity index (χ2n) is 4.06. The van der Waals surface area contributed by atoms with Crippen LogP contribution in [-0.2, 0) is 4.79 Å². The smallest absolute Gasteiger partial charge is 0.140 e. The van der Waals surface area contributed by atoms with Crippen LogP contribution in [0, 0.1) is 0 Å². The summed E-state index contributed by atoms with van der Waals surface area (Å²) in [7, 11) is 3.24. The van der Waals surface area contributed by atoms with Gasteiger partial charge in [-0.1, -0.05) is 0 Å². The van der Waals surface area contributed by atoms with Crippen molar-refractivity contribution in [2.45, 2.75) is 25.2 Å². The molecule has 3 nitrogen and oxygen atoms in total. The van der Waals surface area contributed by atoms with Crippen molar-refractivity contribution in [2.75, 3.05) is 14.2 Å². The number of ketones is 1. The molecule has 0 heterocycles. The Morgan fingerprint density at radius 3 is 2.19 bits per heavy atom. The molecule has 0 bridgehead atoms. The third-order valence-electron chi connectivity index (χ3n) is 3.08. The molecular formula is C13H16O3. The molecule has 1 aliphatic rings. The Labute approximate surface area is 95.4 Å². The van der Waals surface area contributed by atoms with Gasteiger partial charge in [-0.05, 0) is 30.5 Å². The summed E-state index contributed by atoms with van der Waals surface area (Å²) in [6.07, 6.45) is 2.63. The van der Waals surface area contributed by atoms with Crippen LogP contribution < -0.4 is 9.47 Å². The monoisotopic (exact) mass is 220 g/mol. The summed E-state index contributed by atoms with van der Waals surface area (Å²) in [6, 6.07) is 5.68. The third-order valence-corrected chi connectivity index (χ3v) is 3.08. The number of hydrogen-bond acceptors (Lipinski definition) is 3. The average Bonchev–Trinajstić information content (AvgIpc) is 2.74. The Morgan fingerprint density at radius 1 is 1.12 bits per heavy atom. The molecule has 1 atom stereocenters. The van der Waals surface area contributed by atoms with E-state index in [0.29, 0.717) is 12.2 Å². The van der Waals surface area contributed by atoms with Crippen LogP contribution in [0.3, 0.4) is 0 Å². The highest BCUT2D eigenvalue weighted by atomic mass is 16.5. The van der Waals surface area contributed by atoms with Crippen LogP contribution in [0.2, 0.25) is 0 Å². The molecule has 0 radical (unpaired) electrons. The largest absolute Gasteiger partial charge is 0.497 e. The highest BCUT2D eigenvalue weighted by Gasteiger charge is 2.26. The van der Waals surface area contributed by atoms with Crippen LogP contribution >= 0.6 is 0 Å². The molecule has 0 N–H and O–H groups in total. The second kappa shape index (κ2) is 4.56. The normalized spacial score (nSPS) is 19.9. The van der Waals surface area contributed by atoms with Crippen LogP contribution in [0.4, 0.5) is 0 Å². The molecule has 1 saturated carbocycles. The average molecular weight is 220 g/mol. The lowest BCUT2D eigenvalue weighted by atomic mass is 9.96. The summed E-state index contributed by atoms with van der Waals surface area (Å²) >= 11 is 0. The van der Waals surface area contributed by atoms with Gasteiger partial charge in [0, 0.05) is 18.4 Å². The van der Waals surface area contributed by atoms with Crippen LogP contribution in [0.15, 0.2) is 18.2 Å². The highest BCUT2D eigenvalue weighted by molar-refractivity contribution is 5.87. The maximum absolute atomic E-state index is 11.7. The first-order valence-corrected chi connectivity index (χ1v) is 5.50. The number of benzene rings is 1. The molecule has 86 valence electrons. The van der Waals surface area contributed by atoms with E-state index in [4.69, 9.17) is 9.47 Å². The van der Waals surface area contributed by atoms with Gasteiger partial charge in [-0.15, -0.1) is 0 Å². The van der Waals surface area contributed by atoms with Gasteiger partial charge < -0.3 is 9.47 Å². The number of carbonyl (C=O) groups excluding carboxylic acids is 1. The van der Waals surface area contributed by atoms with E-state index >= 15 is 0 Å². The first-order valence-electron chi connectivity index (χ1n) is 5.50. The number of methoxy groups -OCH3 is 2. The minimum Gasteiger partial charge on any atom is -0.497 e. The molecule has 0 saturated heterocycles. The van der Waals surface area contributed by atoms with Crippen molar-refractivity contribution in [1.29, 1.82) is 0 Å². The summed E-state index contributed by atoms with van der Waals surface area (Å²) < 4.78 is 10.4. The number of Topliss-reactive ketones (excluding diaryl/α,β-unsaturated/α-hetero) is 1. The minimum atomic E-state index is 0.0315. The van der Waals surface area contributed by atoms with Gasteiger partial charge in [0.25, 0.3) is 0 Å². The first-order chi connectivity index (χ1) is 7.74. The minimum absolute atomic E-state index is 0.0315. The SMILES string of the molecule is COc1cc(OC)cc([C@H]2CCCC2=O)c1. The molecule has 3 heteroatoms. The van der Waals surface area contributed by atoms with Crippen LogP contribution in [0.25, 0.3) is 0 Å². The summed E-state index contributed by atoms with van der Waals surface area (Å²) in [6.45, 7) is 0. The summed E-state index contributed by atoms with van der Waals surface area (Å²) in [5.74, 6) is 1.85. The van der Waals surface area contributed by atoms with E-state index in [-0.39, 0.29) is 5.92 Å². The maximum atomic E-state index is 11.7.